The molecule has 1 aliphatic carbocycles. The van der Waals surface area contributed by atoms with Crippen molar-refractivity contribution in [3.63, 3.8) is 0 Å². The summed E-state index contributed by atoms with van der Waals surface area (Å²) in [7, 11) is 0. The zero-order valence-electron chi connectivity index (χ0n) is 16.0. The molecule has 0 spiro atoms. The highest BCUT2D eigenvalue weighted by atomic mass is 16.5. The number of hydrogen-bond donors (Lipinski definition) is 2. The molecule has 0 atom stereocenters. The molecular weight excluding hydrogens is 342 g/mol. The molecule has 1 saturated heterocycles. The molecule has 4 rings (SSSR count). The van der Waals surface area contributed by atoms with E-state index in [4.69, 9.17) is 4.74 Å². The van der Waals surface area contributed by atoms with Gasteiger partial charge in [-0.25, -0.2) is 9.67 Å². The molecule has 0 bridgehead atoms. The molecule has 2 aromatic heterocycles. The van der Waals surface area contributed by atoms with Crippen LogP contribution in [0.1, 0.15) is 62.2 Å². The van der Waals surface area contributed by atoms with E-state index in [1.54, 1.807) is 6.20 Å². The second-order valence-corrected chi connectivity index (χ2v) is 7.58. The van der Waals surface area contributed by atoms with E-state index in [0.29, 0.717) is 24.8 Å². The minimum absolute atomic E-state index is 0.0566. The van der Waals surface area contributed by atoms with Crippen molar-refractivity contribution in [1.29, 1.82) is 0 Å². The third-order valence-corrected chi connectivity index (χ3v) is 5.72. The fourth-order valence-electron chi connectivity index (χ4n) is 4.14. The van der Waals surface area contributed by atoms with Gasteiger partial charge in [0.05, 0.1) is 22.8 Å². The summed E-state index contributed by atoms with van der Waals surface area (Å²) in [6, 6.07) is 0.576. The number of fused-ring (bicyclic) bond motifs is 1. The second kappa shape index (κ2) is 8.25. The number of aryl methyl sites for hydroxylation is 1. The van der Waals surface area contributed by atoms with Gasteiger partial charge in [0.1, 0.15) is 0 Å². The van der Waals surface area contributed by atoms with Crippen molar-refractivity contribution in [3.05, 3.63) is 18.0 Å². The Morgan fingerprint density at radius 3 is 2.67 bits per heavy atom. The Kier molecular flexibility index (Phi) is 5.57. The van der Waals surface area contributed by atoms with Gasteiger partial charge in [-0.1, -0.05) is 19.3 Å². The smallest absolute Gasteiger partial charge is 0.255 e. The highest BCUT2D eigenvalue weighted by Gasteiger charge is 2.24. The van der Waals surface area contributed by atoms with Crippen LogP contribution in [0.3, 0.4) is 0 Å². The van der Waals surface area contributed by atoms with Gasteiger partial charge in [-0.3, -0.25) is 4.79 Å². The molecule has 3 heterocycles. The minimum atomic E-state index is -0.0566. The normalized spacial score (nSPS) is 19.3. The molecule has 2 fully saturated rings. The summed E-state index contributed by atoms with van der Waals surface area (Å²) in [5.41, 5.74) is 2.34. The van der Waals surface area contributed by atoms with E-state index >= 15 is 0 Å². The quantitative estimate of drug-likeness (QED) is 0.844. The molecule has 7 heteroatoms. The zero-order valence-corrected chi connectivity index (χ0v) is 16.0. The number of nitrogens with one attached hydrogen (secondary N) is 2. The van der Waals surface area contributed by atoms with Gasteiger partial charge in [0.15, 0.2) is 5.65 Å². The summed E-state index contributed by atoms with van der Waals surface area (Å²) in [5, 5.41) is 12.2. The number of aromatic nitrogens is 3. The van der Waals surface area contributed by atoms with Crippen molar-refractivity contribution in [2.75, 3.05) is 18.5 Å². The van der Waals surface area contributed by atoms with Crippen LogP contribution in [0.2, 0.25) is 0 Å². The molecule has 2 aliphatic rings. The van der Waals surface area contributed by atoms with Crippen LogP contribution in [0.25, 0.3) is 11.0 Å². The summed E-state index contributed by atoms with van der Waals surface area (Å²) in [6.07, 6.45) is 11.3. The largest absolute Gasteiger partial charge is 0.381 e. The molecule has 27 heavy (non-hydrogen) atoms. The predicted molar refractivity (Wildman–Crippen MR) is 105 cm³/mol. The van der Waals surface area contributed by atoms with E-state index < -0.39 is 0 Å². The molecule has 0 unspecified atom stereocenters. The first-order valence-electron chi connectivity index (χ1n) is 10.3. The van der Waals surface area contributed by atoms with Crippen LogP contribution in [0.4, 0.5) is 5.69 Å². The van der Waals surface area contributed by atoms with Crippen LogP contribution in [0.15, 0.2) is 12.4 Å². The summed E-state index contributed by atoms with van der Waals surface area (Å²) in [4.78, 5) is 17.6. The maximum Gasteiger partial charge on any atom is 0.255 e. The van der Waals surface area contributed by atoms with Gasteiger partial charge in [-0.15, -0.1) is 0 Å². The van der Waals surface area contributed by atoms with E-state index in [9.17, 15) is 4.79 Å². The number of ether oxygens (including phenoxy) is 1. The maximum atomic E-state index is 13.0. The summed E-state index contributed by atoms with van der Waals surface area (Å²) >= 11 is 0. The predicted octanol–water partition coefficient (Wildman–Crippen LogP) is 3.10. The monoisotopic (exact) mass is 371 g/mol. The Bertz CT molecular complexity index is 791. The maximum absolute atomic E-state index is 13.0. The zero-order chi connectivity index (χ0) is 18.6. The van der Waals surface area contributed by atoms with Gasteiger partial charge in [0.25, 0.3) is 5.91 Å². The number of nitrogens with zero attached hydrogens (tertiary/aromatic N) is 3. The molecule has 0 radical (unpaired) electrons. The lowest BCUT2D eigenvalue weighted by Crippen LogP contribution is -2.39. The molecule has 2 aromatic rings. The van der Waals surface area contributed by atoms with Gasteiger partial charge >= 0.3 is 0 Å². The SMILES string of the molecule is CCn1ncc2c(NC3CCCCC3)c(C(=O)NC3CCOCC3)cnc21. The lowest BCUT2D eigenvalue weighted by molar-refractivity contribution is 0.0697. The first-order valence-corrected chi connectivity index (χ1v) is 10.3. The van der Waals surface area contributed by atoms with Crippen molar-refractivity contribution in [1.82, 2.24) is 20.1 Å². The Morgan fingerprint density at radius 1 is 1.15 bits per heavy atom. The van der Waals surface area contributed by atoms with Crippen LogP contribution < -0.4 is 10.6 Å². The summed E-state index contributed by atoms with van der Waals surface area (Å²) in [5.74, 6) is -0.0566. The number of rotatable bonds is 5. The molecular formula is C20H29N5O2. The number of amides is 1. The van der Waals surface area contributed by atoms with Crippen LogP contribution >= 0.6 is 0 Å². The topological polar surface area (TPSA) is 81.1 Å². The van der Waals surface area contributed by atoms with Gasteiger partial charge < -0.3 is 15.4 Å². The fourth-order valence-corrected chi connectivity index (χ4v) is 4.14. The lowest BCUT2D eigenvalue weighted by atomic mass is 9.95. The third-order valence-electron chi connectivity index (χ3n) is 5.72. The van der Waals surface area contributed by atoms with Crippen LogP contribution in [-0.2, 0) is 11.3 Å². The first-order chi connectivity index (χ1) is 13.3. The molecule has 146 valence electrons. The molecule has 1 aliphatic heterocycles. The Hall–Kier alpha value is -2.15. The van der Waals surface area contributed by atoms with Crippen molar-refractivity contribution in [3.8, 4) is 0 Å². The van der Waals surface area contributed by atoms with Gasteiger partial charge in [0, 0.05) is 38.0 Å². The highest BCUT2D eigenvalue weighted by Crippen LogP contribution is 2.30. The van der Waals surface area contributed by atoms with E-state index in [-0.39, 0.29) is 11.9 Å². The van der Waals surface area contributed by atoms with Gasteiger partial charge in [-0.05, 0) is 32.6 Å². The number of carbonyl (C=O) groups excluding carboxylic acids is 1. The minimum Gasteiger partial charge on any atom is -0.381 e. The van der Waals surface area contributed by atoms with Crippen molar-refractivity contribution in [2.24, 2.45) is 0 Å². The average molecular weight is 371 g/mol. The molecule has 2 N–H and O–H groups in total. The van der Waals surface area contributed by atoms with Crippen LogP contribution in [0.5, 0.6) is 0 Å². The molecule has 7 nitrogen and oxygen atoms in total. The lowest BCUT2D eigenvalue weighted by Gasteiger charge is -2.26. The van der Waals surface area contributed by atoms with E-state index in [1.165, 1.54) is 19.3 Å². The highest BCUT2D eigenvalue weighted by molar-refractivity contribution is 6.06. The Labute approximate surface area is 159 Å². The van der Waals surface area contributed by atoms with Gasteiger partial charge in [-0.2, -0.15) is 5.10 Å². The summed E-state index contributed by atoms with van der Waals surface area (Å²) in [6.45, 7) is 4.22. The van der Waals surface area contributed by atoms with E-state index in [0.717, 1.165) is 48.9 Å². The van der Waals surface area contributed by atoms with E-state index in [1.807, 2.05) is 17.8 Å². The Balaban J connectivity index is 1.65. The van der Waals surface area contributed by atoms with Crippen LogP contribution in [-0.4, -0.2) is 46.0 Å². The standard InChI is InChI=1S/C20H29N5O2/c1-2-25-19-16(13-22-25)18(23-14-6-4-3-5-7-14)17(12-21-19)20(26)24-15-8-10-27-11-9-15/h12-15H,2-11H2,1H3,(H,21,23)(H,24,26). The van der Waals surface area contributed by atoms with Crippen LogP contribution in [0, 0.1) is 0 Å². The average Bonchev–Trinajstić information content (AvgIpc) is 3.13. The van der Waals surface area contributed by atoms with Crippen molar-refractivity contribution >= 4 is 22.6 Å². The molecule has 1 saturated carbocycles. The second-order valence-electron chi connectivity index (χ2n) is 7.58. The van der Waals surface area contributed by atoms with Crippen molar-refractivity contribution < 1.29 is 9.53 Å². The fraction of sp³-hybridized carbons (Fsp3) is 0.650. The molecule has 1 amide bonds. The summed E-state index contributed by atoms with van der Waals surface area (Å²) < 4.78 is 7.27. The first kappa shape index (κ1) is 18.2. The Morgan fingerprint density at radius 2 is 1.93 bits per heavy atom. The number of carbonyl (C=O) groups is 1. The number of pyridine rings is 1. The number of anilines is 1. The van der Waals surface area contributed by atoms with Crippen molar-refractivity contribution in [2.45, 2.75) is 70.5 Å². The van der Waals surface area contributed by atoms with Gasteiger partial charge in [0.2, 0.25) is 0 Å². The number of hydrogen-bond acceptors (Lipinski definition) is 5. The third kappa shape index (κ3) is 3.93. The van der Waals surface area contributed by atoms with E-state index in [2.05, 4.69) is 20.7 Å². The molecule has 0 aromatic carbocycles.